The fourth-order valence-corrected chi connectivity index (χ4v) is 2.18. The monoisotopic (exact) mass is 224 g/mol. The molecule has 1 heterocycles. The van der Waals surface area contributed by atoms with Gasteiger partial charge in [0.2, 0.25) is 0 Å². The van der Waals surface area contributed by atoms with Crippen LogP contribution in [0.5, 0.6) is 0 Å². The van der Waals surface area contributed by atoms with Crippen LogP contribution >= 0.6 is 0 Å². The van der Waals surface area contributed by atoms with Crippen molar-refractivity contribution in [2.24, 2.45) is 5.92 Å². The average molecular weight is 224 g/mol. The molecule has 3 heteroatoms. The Hall–Kier alpha value is -0.830. The Kier molecular flexibility index (Phi) is 5.00. The van der Waals surface area contributed by atoms with E-state index in [1.165, 1.54) is 18.4 Å². The lowest BCUT2D eigenvalue weighted by Gasteiger charge is -2.22. The van der Waals surface area contributed by atoms with Crippen LogP contribution in [0.15, 0.2) is 4.52 Å². The van der Waals surface area contributed by atoms with Crippen LogP contribution in [-0.2, 0) is 6.54 Å². The molecular formula is C13H24N2O. The maximum atomic E-state index is 5.15. The van der Waals surface area contributed by atoms with E-state index in [0.717, 1.165) is 23.9 Å². The predicted molar refractivity (Wildman–Crippen MR) is 66.4 cm³/mol. The van der Waals surface area contributed by atoms with Crippen molar-refractivity contribution in [1.29, 1.82) is 0 Å². The average Bonchev–Trinajstić information content (AvgIpc) is 2.58. The fraction of sp³-hybridized carbons (Fsp3) is 0.769. The molecule has 1 N–H and O–H groups in total. The van der Waals surface area contributed by atoms with E-state index in [1.54, 1.807) is 0 Å². The van der Waals surface area contributed by atoms with Crippen molar-refractivity contribution in [3.05, 3.63) is 17.0 Å². The molecule has 0 aliphatic carbocycles. The van der Waals surface area contributed by atoms with Gasteiger partial charge in [0.05, 0.1) is 5.69 Å². The predicted octanol–water partition coefficient (Wildman–Crippen LogP) is 3.21. The summed E-state index contributed by atoms with van der Waals surface area (Å²) in [7, 11) is 0. The van der Waals surface area contributed by atoms with E-state index in [-0.39, 0.29) is 0 Å². The van der Waals surface area contributed by atoms with E-state index >= 15 is 0 Å². The summed E-state index contributed by atoms with van der Waals surface area (Å²) < 4.78 is 5.15. The largest absolute Gasteiger partial charge is 0.361 e. The van der Waals surface area contributed by atoms with Crippen molar-refractivity contribution in [1.82, 2.24) is 10.5 Å². The standard InChI is InChI=1S/C13H24N2O/c1-6-12(7-2)9(3)14-8-13-10(4)15-16-11(13)5/h9,12,14H,6-8H2,1-5H3. The van der Waals surface area contributed by atoms with Crippen LogP contribution in [0, 0.1) is 19.8 Å². The molecule has 3 nitrogen and oxygen atoms in total. The van der Waals surface area contributed by atoms with Gasteiger partial charge in [-0.1, -0.05) is 31.8 Å². The second-order valence-electron chi connectivity index (χ2n) is 4.55. The molecule has 0 fully saturated rings. The summed E-state index contributed by atoms with van der Waals surface area (Å²) in [5, 5.41) is 7.53. The summed E-state index contributed by atoms with van der Waals surface area (Å²) in [6, 6.07) is 0.545. The molecule has 0 saturated carbocycles. The van der Waals surface area contributed by atoms with Crippen molar-refractivity contribution in [2.75, 3.05) is 0 Å². The zero-order chi connectivity index (χ0) is 12.1. The third-order valence-electron chi connectivity index (χ3n) is 3.54. The highest BCUT2D eigenvalue weighted by molar-refractivity contribution is 5.20. The molecule has 0 bridgehead atoms. The Bertz CT molecular complexity index is 296. The first-order valence-electron chi connectivity index (χ1n) is 6.25. The highest BCUT2D eigenvalue weighted by atomic mass is 16.5. The van der Waals surface area contributed by atoms with Crippen molar-refractivity contribution < 1.29 is 4.52 Å². The van der Waals surface area contributed by atoms with Crippen LogP contribution in [0.2, 0.25) is 0 Å². The quantitative estimate of drug-likeness (QED) is 0.806. The molecule has 1 aromatic rings. The number of hydrogen-bond donors (Lipinski definition) is 1. The van der Waals surface area contributed by atoms with Crippen molar-refractivity contribution in [3.8, 4) is 0 Å². The van der Waals surface area contributed by atoms with Crippen molar-refractivity contribution in [2.45, 2.75) is 60.0 Å². The zero-order valence-electron chi connectivity index (χ0n) is 11.1. The minimum absolute atomic E-state index is 0.545. The lowest BCUT2D eigenvalue weighted by Crippen LogP contribution is -2.32. The van der Waals surface area contributed by atoms with Gasteiger partial charge in [-0.2, -0.15) is 0 Å². The first-order valence-corrected chi connectivity index (χ1v) is 6.25. The van der Waals surface area contributed by atoms with Crippen LogP contribution in [0.25, 0.3) is 0 Å². The molecule has 16 heavy (non-hydrogen) atoms. The molecule has 0 radical (unpaired) electrons. The van der Waals surface area contributed by atoms with Gasteiger partial charge in [0.1, 0.15) is 5.76 Å². The lowest BCUT2D eigenvalue weighted by atomic mass is 9.95. The van der Waals surface area contributed by atoms with Crippen molar-refractivity contribution >= 4 is 0 Å². The highest BCUT2D eigenvalue weighted by Gasteiger charge is 2.15. The van der Waals surface area contributed by atoms with Gasteiger partial charge in [-0.25, -0.2) is 0 Å². The maximum absolute atomic E-state index is 5.15. The first-order chi connectivity index (χ1) is 7.60. The van der Waals surface area contributed by atoms with E-state index < -0.39 is 0 Å². The summed E-state index contributed by atoms with van der Waals surface area (Å²) in [5.74, 6) is 1.68. The Morgan fingerprint density at radius 3 is 2.31 bits per heavy atom. The normalized spacial score (nSPS) is 13.4. The van der Waals surface area contributed by atoms with E-state index in [2.05, 4.69) is 31.2 Å². The summed E-state index contributed by atoms with van der Waals surface area (Å²) in [6.45, 7) is 11.6. The Morgan fingerprint density at radius 2 is 1.88 bits per heavy atom. The molecule has 0 aliphatic heterocycles. The molecule has 1 unspecified atom stereocenters. The highest BCUT2D eigenvalue weighted by Crippen LogP contribution is 2.15. The molecule has 0 aromatic carbocycles. The van der Waals surface area contributed by atoms with E-state index in [1.807, 2.05) is 13.8 Å². The van der Waals surface area contributed by atoms with E-state index in [4.69, 9.17) is 4.52 Å². The molecule has 0 aliphatic rings. The van der Waals surface area contributed by atoms with Gasteiger partial charge in [0.25, 0.3) is 0 Å². The molecule has 1 rings (SSSR count). The number of rotatable bonds is 6. The first kappa shape index (κ1) is 13.2. The van der Waals surface area contributed by atoms with Gasteiger partial charge in [-0.15, -0.1) is 0 Å². The fourth-order valence-electron chi connectivity index (χ4n) is 2.18. The lowest BCUT2D eigenvalue weighted by molar-refractivity contribution is 0.351. The minimum Gasteiger partial charge on any atom is -0.361 e. The second kappa shape index (κ2) is 6.04. The van der Waals surface area contributed by atoms with Gasteiger partial charge in [0.15, 0.2) is 0 Å². The summed E-state index contributed by atoms with van der Waals surface area (Å²) >= 11 is 0. The number of aryl methyl sites for hydroxylation is 2. The van der Waals surface area contributed by atoms with Gasteiger partial charge in [-0.3, -0.25) is 0 Å². The van der Waals surface area contributed by atoms with E-state index in [0.29, 0.717) is 6.04 Å². The molecule has 92 valence electrons. The number of nitrogens with one attached hydrogen (secondary N) is 1. The maximum Gasteiger partial charge on any atom is 0.138 e. The Labute approximate surface area is 98.6 Å². The summed E-state index contributed by atoms with van der Waals surface area (Å²) in [5.41, 5.74) is 2.21. The molecule has 0 amide bonds. The third-order valence-corrected chi connectivity index (χ3v) is 3.54. The van der Waals surface area contributed by atoms with Gasteiger partial charge < -0.3 is 9.84 Å². The number of hydrogen-bond acceptors (Lipinski definition) is 3. The Balaban J connectivity index is 2.51. The SMILES string of the molecule is CCC(CC)C(C)NCc1c(C)noc1C. The molecule has 0 saturated heterocycles. The Morgan fingerprint density at radius 1 is 1.25 bits per heavy atom. The summed E-state index contributed by atoms with van der Waals surface area (Å²) in [4.78, 5) is 0. The van der Waals surface area contributed by atoms with Crippen molar-refractivity contribution in [3.63, 3.8) is 0 Å². The van der Waals surface area contributed by atoms with Crippen LogP contribution < -0.4 is 5.32 Å². The molecule has 1 atom stereocenters. The van der Waals surface area contributed by atoms with Gasteiger partial charge >= 0.3 is 0 Å². The number of aromatic nitrogens is 1. The zero-order valence-corrected chi connectivity index (χ0v) is 11.1. The minimum atomic E-state index is 0.545. The third kappa shape index (κ3) is 3.08. The molecule has 0 spiro atoms. The van der Waals surface area contributed by atoms with Gasteiger partial charge in [-0.05, 0) is 26.7 Å². The van der Waals surface area contributed by atoms with Crippen LogP contribution in [0.1, 0.15) is 50.6 Å². The second-order valence-corrected chi connectivity index (χ2v) is 4.55. The van der Waals surface area contributed by atoms with Gasteiger partial charge in [0, 0.05) is 18.2 Å². The number of nitrogens with zero attached hydrogens (tertiary/aromatic N) is 1. The smallest absolute Gasteiger partial charge is 0.138 e. The van der Waals surface area contributed by atoms with Crippen LogP contribution in [-0.4, -0.2) is 11.2 Å². The summed E-state index contributed by atoms with van der Waals surface area (Å²) in [6.07, 6.45) is 2.46. The van der Waals surface area contributed by atoms with Crippen LogP contribution in [0.4, 0.5) is 0 Å². The molecule has 1 aromatic heterocycles. The molecular weight excluding hydrogens is 200 g/mol. The van der Waals surface area contributed by atoms with E-state index in [9.17, 15) is 0 Å². The van der Waals surface area contributed by atoms with Crippen LogP contribution in [0.3, 0.4) is 0 Å². The topological polar surface area (TPSA) is 38.1 Å².